The average Bonchev–Trinajstić information content (AvgIpc) is 3.05. The molecule has 2 aromatic carbocycles. The van der Waals surface area contributed by atoms with Gasteiger partial charge in [0.2, 0.25) is 0 Å². The molecule has 4 aromatic rings. The maximum Gasteiger partial charge on any atom is 0.433 e. The summed E-state index contributed by atoms with van der Waals surface area (Å²) >= 11 is 15.4. The van der Waals surface area contributed by atoms with Gasteiger partial charge in [0.25, 0.3) is 5.91 Å². The van der Waals surface area contributed by atoms with E-state index in [1.54, 1.807) is 24.3 Å². The number of aromatic nitrogens is 3. The summed E-state index contributed by atoms with van der Waals surface area (Å²) in [4.78, 5) is 16.8. The molecule has 0 fully saturated rings. The summed E-state index contributed by atoms with van der Waals surface area (Å²) in [5, 5.41) is 6.49. The fourth-order valence-corrected chi connectivity index (χ4v) is 3.47. The fourth-order valence-electron chi connectivity index (χ4n) is 2.83. The van der Waals surface area contributed by atoms with Crippen LogP contribution in [0, 0.1) is 0 Å². The third-order valence-corrected chi connectivity index (χ3v) is 5.41. The van der Waals surface area contributed by atoms with Crippen LogP contribution in [0.1, 0.15) is 16.2 Å². The van der Waals surface area contributed by atoms with Crippen LogP contribution in [-0.2, 0) is 6.18 Å². The Morgan fingerprint density at radius 1 is 1.03 bits per heavy atom. The zero-order chi connectivity index (χ0) is 22.3. The largest absolute Gasteiger partial charge is 0.433 e. The number of anilines is 1. The molecule has 0 saturated carbocycles. The Kier molecular flexibility index (Phi) is 5.67. The van der Waals surface area contributed by atoms with Crippen molar-refractivity contribution < 1.29 is 18.0 Å². The predicted molar refractivity (Wildman–Crippen MR) is 116 cm³/mol. The molecule has 0 bridgehead atoms. The first kappa shape index (κ1) is 21.6. The molecule has 0 spiro atoms. The molecule has 31 heavy (non-hydrogen) atoms. The Morgan fingerprint density at radius 2 is 1.68 bits per heavy atom. The highest BCUT2D eigenvalue weighted by Gasteiger charge is 2.36. The molecule has 0 aliphatic heterocycles. The SMILES string of the molecule is O=C(Nc1ccc(Br)cc1)c1nn2c(C(F)(F)F)cc(-c3ccc(Cl)cc3)nc2c1Cl. The summed E-state index contributed by atoms with van der Waals surface area (Å²) in [6.45, 7) is 0. The molecule has 0 atom stereocenters. The molecule has 5 nitrogen and oxygen atoms in total. The molecular weight excluding hydrogens is 520 g/mol. The maximum absolute atomic E-state index is 13.7. The normalized spacial score (nSPS) is 11.7. The van der Waals surface area contributed by atoms with Crippen molar-refractivity contribution in [3.8, 4) is 11.3 Å². The minimum absolute atomic E-state index is 0.0122. The van der Waals surface area contributed by atoms with Gasteiger partial charge in [0.15, 0.2) is 17.0 Å². The molecule has 2 heterocycles. The van der Waals surface area contributed by atoms with Crippen LogP contribution >= 0.6 is 39.1 Å². The molecule has 0 radical (unpaired) electrons. The second-order valence-corrected chi connectivity index (χ2v) is 8.12. The number of carbonyl (C=O) groups is 1. The van der Waals surface area contributed by atoms with Crippen LogP contribution in [0.15, 0.2) is 59.1 Å². The van der Waals surface area contributed by atoms with Gasteiger partial charge in [-0.05, 0) is 42.5 Å². The molecule has 0 aliphatic carbocycles. The second kappa shape index (κ2) is 8.14. The molecule has 1 N–H and O–H groups in total. The number of hydrogen-bond acceptors (Lipinski definition) is 3. The summed E-state index contributed by atoms with van der Waals surface area (Å²) < 4.78 is 42.6. The molecule has 11 heteroatoms. The molecule has 158 valence electrons. The number of nitrogens with zero attached hydrogens (tertiary/aromatic N) is 3. The Balaban J connectivity index is 1.83. The van der Waals surface area contributed by atoms with E-state index in [4.69, 9.17) is 23.2 Å². The number of fused-ring (bicyclic) bond motifs is 1. The number of benzene rings is 2. The van der Waals surface area contributed by atoms with E-state index in [1.165, 1.54) is 24.3 Å². The third-order valence-electron chi connectivity index (χ3n) is 4.28. The van der Waals surface area contributed by atoms with Gasteiger partial charge in [-0.1, -0.05) is 51.3 Å². The number of rotatable bonds is 3. The van der Waals surface area contributed by atoms with Crippen molar-refractivity contribution in [3.05, 3.63) is 80.5 Å². The lowest BCUT2D eigenvalue weighted by Gasteiger charge is -2.11. The van der Waals surface area contributed by atoms with Crippen LogP contribution in [0.3, 0.4) is 0 Å². The van der Waals surface area contributed by atoms with Crippen molar-refractivity contribution >= 4 is 56.4 Å². The lowest BCUT2D eigenvalue weighted by atomic mass is 10.1. The van der Waals surface area contributed by atoms with Crippen molar-refractivity contribution in [2.75, 3.05) is 5.32 Å². The number of halogens is 6. The molecule has 4 rings (SSSR count). The Bertz CT molecular complexity index is 1290. The van der Waals surface area contributed by atoms with Gasteiger partial charge >= 0.3 is 6.18 Å². The van der Waals surface area contributed by atoms with E-state index in [0.29, 0.717) is 20.8 Å². The van der Waals surface area contributed by atoms with Gasteiger partial charge in [-0.25, -0.2) is 9.50 Å². The van der Waals surface area contributed by atoms with E-state index in [-0.39, 0.29) is 22.1 Å². The summed E-state index contributed by atoms with van der Waals surface area (Å²) in [7, 11) is 0. The van der Waals surface area contributed by atoms with Gasteiger partial charge in [-0.15, -0.1) is 0 Å². The molecule has 0 aliphatic rings. The fraction of sp³-hybridized carbons (Fsp3) is 0.0500. The Labute approximate surface area is 191 Å². The quantitative estimate of drug-likeness (QED) is 0.320. The van der Waals surface area contributed by atoms with Crippen molar-refractivity contribution in [3.63, 3.8) is 0 Å². The van der Waals surface area contributed by atoms with Crippen LogP contribution in [0.25, 0.3) is 16.9 Å². The molecule has 0 unspecified atom stereocenters. The van der Waals surface area contributed by atoms with E-state index < -0.39 is 17.8 Å². The van der Waals surface area contributed by atoms with Gasteiger partial charge in [0.05, 0.1) is 5.69 Å². The molecular formula is C20H10BrCl2F3N4O. The minimum atomic E-state index is -4.77. The number of carbonyl (C=O) groups excluding carboxylic acids is 1. The van der Waals surface area contributed by atoms with Crippen LogP contribution in [-0.4, -0.2) is 20.5 Å². The highest BCUT2D eigenvalue weighted by Crippen LogP contribution is 2.35. The summed E-state index contributed by atoms with van der Waals surface area (Å²) in [5.74, 6) is -0.765. The standard InChI is InChI=1S/C20H10BrCl2F3N4O/c21-11-3-7-13(8-4-11)27-19(31)17-16(23)18-28-14(10-1-5-12(22)6-2-10)9-15(20(24,25)26)30(18)29-17/h1-9H,(H,27,31). The third kappa shape index (κ3) is 4.39. The van der Waals surface area contributed by atoms with E-state index in [2.05, 4.69) is 31.3 Å². The zero-order valence-corrected chi connectivity index (χ0v) is 18.3. The number of hydrogen-bond donors (Lipinski definition) is 1. The van der Waals surface area contributed by atoms with E-state index in [1.807, 2.05) is 0 Å². The zero-order valence-electron chi connectivity index (χ0n) is 15.2. The molecule has 0 saturated heterocycles. The highest BCUT2D eigenvalue weighted by atomic mass is 79.9. The van der Waals surface area contributed by atoms with E-state index >= 15 is 0 Å². The van der Waals surface area contributed by atoms with Gasteiger partial charge in [-0.2, -0.15) is 18.3 Å². The first-order valence-electron chi connectivity index (χ1n) is 8.63. The number of nitrogens with one attached hydrogen (secondary N) is 1. The van der Waals surface area contributed by atoms with Crippen LogP contribution in [0.2, 0.25) is 10.0 Å². The first-order chi connectivity index (χ1) is 14.6. The van der Waals surface area contributed by atoms with Crippen molar-refractivity contribution in [2.24, 2.45) is 0 Å². The molecule has 2 aromatic heterocycles. The summed E-state index contributed by atoms with van der Waals surface area (Å²) in [6.07, 6.45) is -4.77. The smallest absolute Gasteiger partial charge is 0.321 e. The lowest BCUT2D eigenvalue weighted by molar-refractivity contribution is -0.142. The minimum Gasteiger partial charge on any atom is -0.321 e. The van der Waals surface area contributed by atoms with Crippen LogP contribution in [0.5, 0.6) is 0 Å². The topological polar surface area (TPSA) is 59.3 Å². The van der Waals surface area contributed by atoms with Gasteiger partial charge in [-0.3, -0.25) is 4.79 Å². The van der Waals surface area contributed by atoms with Crippen LogP contribution in [0.4, 0.5) is 18.9 Å². The first-order valence-corrected chi connectivity index (χ1v) is 10.2. The second-order valence-electron chi connectivity index (χ2n) is 6.39. The van der Waals surface area contributed by atoms with Crippen molar-refractivity contribution in [2.45, 2.75) is 6.18 Å². The van der Waals surface area contributed by atoms with E-state index in [0.717, 1.165) is 10.5 Å². The van der Waals surface area contributed by atoms with Crippen molar-refractivity contribution in [1.82, 2.24) is 14.6 Å². The summed E-state index contributed by atoms with van der Waals surface area (Å²) in [5.41, 5.74) is -0.953. The van der Waals surface area contributed by atoms with E-state index in [9.17, 15) is 18.0 Å². The maximum atomic E-state index is 13.7. The van der Waals surface area contributed by atoms with Gasteiger partial charge in [0.1, 0.15) is 5.02 Å². The van der Waals surface area contributed by atoms with Crippen molar-refractivity contribution in [1.29, 1.82) is 0 Å². The van der Waals surface area contributed by atoms with Gasteiger partial charge < -0.3 is 5.32 Å². The Morgan fingerprint density at radius 3 is 2.29 bits per heavy atom. The lowest BCUT2D eigenvalue weighted by Crippen LogP contribution is -2.15. The van der Waals surface area contributed by atoms with Gasteiger partial charge in [0, 0.05) is 20.7 Å². The Hall–Kier alpha value is -2.62. The average molecular weight is 530 g/mol. The molecule has 1 amide bonds. The number of alkyl halides is 3. The monoisotopic (exact) mass is 528 g/mol. The highest BCUT2D eigenvalue weighted by molar-refractivity contribution is 9.10. The number of amides is 1. The predicted octanol–water partition coefficient (Wildman–Crippen LogP) is 6.74. The van der Waals surface area contributed by atoms with Crippen LogP contribution < -0.4 is 5.32 Å². The summed E-state index contributed by atoms with van der Waals surface area (Å²) in [6, 6.07) is 13.6.